The molecule has 0 bridgehead atoms. The number of nitro groups is 1. The van der Waals surface area contributed by atoms with Crippen LogP contribution in [0, 0.1) is 17.0 Å². The number of hydrogen-bond donors (Lipinski definition) is 0. The average molecular weight is 249 g/mol. The summed E-state index contributed by atoms with van der Waals surface area (Å²) >= 11 is 0. The normalized spacial score (nSPS) is 10.6. The lowest BCUT2D eigenvalue weighted by Crippen LogP contribution is -2.10. The molecule has 0 aliphatic carbocycles. The Kier molecular flexibility index (Phi) is 2.97. The molecule has 0 aromatic carbocycles. The Morgan fingerprint density at radius 2 is 2.33 bits per heavy atom. The van der Waals surface area contributed by atoms with Gasteiger partial charge in [-0.05, 0) is 35.4 Å². The molecule has 0 radical (unpaired) electrons. The van der Waals surface area contributed by atoms with Gasteiger partial charge in [-0.15, -0.1) is 0 Å². The van der Waals surface area contributed by atoms with Crippen LogP contribution in [-0.4, -0.2) is 26.9 Å². The number of esters is 1. The number of carbonyl (C=O) groups is 1. The summed E-state index contributed by atoms with van der Waals surface area (Å²) in [5, 5.41) is 10.9. The number of pyridine rings is 1. The van der Waals surface area contributed by atoms with Crippen LogP contribution in [0.2, 0.25) is 0 Å². The summed E-state index contributed by atoms with van der Waals surface area (Å²) in [5.41, 5.74) is 1.10. The molecule has 7 heteroatoms. The van der Waals surface area contributed by atoms with E-state index in [-0.39, 0.29) is 12.3 Å². The Morgan fingerprint density at radius 3 is 2.94 bits per heavy atom. The number of hydrogen-bond acceptors (Lipinski definition) is 5. The predicted octanol–water partition coefficient (Wildman–Crippen LogP) is 1.73. The number of aromatic nitrogens is 2. The van der Waals surface area contributed by atoms with E-state index in [1.54, 1.807) is 25.3 Å². The number of fused-ring (bicyclic) bond motifs is 1. The summed E-state index contributed by atoms with van der Waals surface area (Å²) in [4.78, 5) is 25.8. The quantitative estimate of drug-likeness (QED) is 0.469. The van der Waals surface area contributed by atoms with Crippen molar-refractivity contribution in [3.8, 4) is 0 Å². The fourth-order valence-corrected chi connectivity index (χ4v) is 1.65. The van der Waals surface area contributed by atoms with Crippen LogP contribution in [0.25, 0.3) is 5.65 Å². The smallest absolute Gasteiger partial charge is 0.397 e. The van der Waals surface area contributed by atoms with Crippen molar-refractivity contribution in [1.82, 2.24) is 9.38 Å². The largest absolute Gasteiger partial charge is 0.461 e. The zero-order chi connectivity index (χ0) is 13.3. The lowest BCUT2D eigenvalue weighted by molar-refractivity contribution is -0.389. The molecule has 0 saturated carbocycles. The van der Waals surface area contributed by atoms with Gasteiger partial charge in [-0.25, -0.2) is 4.79 Å². The maximum absolute atomic E-state index is 11.7. The lowest BCUT2D eigenvalue weighted by Gasteiger charge is -2.01. The van der Waals surface area contributed by atoms with Gasteiger partial charge in [0.25, 0.3) is 5.65 Å². The summed E-state index contributed by atoms with van der Waals surface area (Å²) in [6.45, 7) is 3.62. The van der Waals surface area contributed by atoms with Crippen LogP contribution in [0.4, 0.5) is 5.82 Å². The molecule has 0 unspecified atom stereocenters. The van der Waals surface area contributed by atoms with E-state index in [1.807, 2.05) is 6.92 Å². The van der Waals surface area contributed by atoms with Gasteiger partial charge < -0.3 is 14.9 Å². The summed E-state index contributed by atoms with van der Waals surface area (Å²) in [7, 11) is 0. The predicted molar refractivity (Wildman–Crippen MR) is 62.5 cm³/mol. The zero-order valence-corrected chi connectivity index (χ0v) is 9.91. The SMILES string of the molecule is CCOC(=O)c1c([N+](=O)[O-])nc2cc(C)ccn12. The van der Waals surface area contributed by atoms with Crippen LogP contribution in [0.1, 0.15) is 23.0 Å². The Hall–Kier alpha value is -2.44. The second-order valence-corrected chi connectivity index (χ2v) is 3.69. The van der Waals surface area contributed by atoms with Gasteiger partial charge in [0.1, 0.15) is 0 Å². The Balaban J connectivity index is 2.70. The summed E-state index contributed by atoms with van der Waals surface area (Å²) < 4.78 is 6.18. The van der Waals surface area contributed by atoms with Crippen molar-refractivity contribution < 1.29 is 14.5 Å². The third kappa shape index (κ3) is 1.90. The molecule has 0 aliphatic heterocycles. The van der Waals surface area contributed by atoms with Crippen molar-refractivity contribution in [2.45, 2.75) is 13.8 Å². The molecule has 2 rings (SSSR count). The standard InChI is InChI=1S/C11H11N3O4/c1-3-18-11(15)9-10(14(16)17)12-8-6-7(2)4-5-13(8)9/h4-6H,3H2,1-2H3. The van der Waals surface area contributed by atoms with Crippen molar-refractivity contribution in [1.29, 1.82) is 0 Å². The monoisotopic (exact) mass is 249 g/mol. The van der Waals surface area contributed by atoms with E-state index in [1.165, 1.54) is 4.40 Å². The summed E-state index contributed by atoms with van der Waals surface area (Å²) in [6.07, 6.45) is 1.57. The van der Waals surface area contributed by atoms with E-state index in [4.69, 9.17) is 4.74 Å². The van der Waals surface area contributed by atoms with E-state index in [0.29, 0.717) is 5.65 Å². The molecule has 0 aliphatic rings. The first-order valence-electron chi connectivity index (χ1n) is 5.34. The Bertz CT molecular complexity index is 632. The first-order chi connectivity index (χ1) is 8.54. The maximum Gasteiger partial charge on any atom is 0.397 e. The molecular formula is C11H11N3O4. The Labute approximate surface area is 102 Å². The minimum atomic E-state index is -0.749. The fraction of sp³-hybridized carbons (Fsp3) is 0.273. The summed E-state index contributed by atoms with van der Waals surface area (Å²) in [6, 6.07) is 3.40. The number of ether oxygens (including phenoxy) is 1. The molecule has 0 N–H and O–H groups in total. The third-order valence-electron chi connectivity index (χ3n) is 2.40. The molecule has 2 aromatic heterocycles. The van der Waals surface area contributed by atoms with E-state index in [2.05, 4.69) is 4.98 Å². The third-order valence-corrected chi connectivity index (χ3v) is 2.40. The summed E-state index contributed by atoms with van der Waals surface area (Å²) in [5.74, 6) is -1.24. The van der Waals surface area contributed by atoms with Crippen LogP contribution in [0.5, 0.6) is 0 Å². The number of carbonyl (C=O) groups excluding carboxylic acids is 1. The van der Waals surface area contributed by atoms with Crippen LogP contribution >= 0.6 is 0 Å². The van der Waals surface area contributed by atoms with Crippen molar-refractivity contribution in [3.63, 3.8) is 0 Å². The van der Waals surface area contributed by atoms with Crippen molar-refractivity contribution in [3.05, 3.63) is 39.7 Å². The van der Waals surface area contributed by atoms with Crippen molar-refractivity contribution >= 4 is 17.4 Å². The van der Waals surface area contributed by atoms with Crippen LogP contribution < -0.4 is 0 Å². The molecule has 2 aromatic rings. The van der Waals surface area contributed by atoms with E-state index >= 15 is 0 Å². The van der Waals surface area contributed by atoms with Crippen molar-refractivity contribution in [2.75, 3.05) is 6.61 Å². The Morgan fingerprint density at radius 1 is 1.61 bits per heavy atom. The highest BCUT2D eigenvalue weighted by molar-refractivity contribution is 5.92. The number of rotatable bonds is 3. The van der Waals surface area contributed by atoms with E-state index in [0.717, 1.165) is 5.56 Å². The van der Waals surface area contributed by atoms with Crippen molar-refractivity contribution in [2.24, 2.45) is 0 Å². The van der Waals surface area contributed by atoms with Crippen LogP contribution in [0.3, 0.4) is 0 Å². The van der Waals surface area contributed by atoms with Gasteiger partial charge in [0.15, 0.2) is 0 Å². The van der Waals surface area contributed by atoms with E-state index < -0.39 is 16.7 Å². The highest BCUT2D eigenvalue weighted by Crippen LogP contribution is 2.21. The second kappa shape index (κ2) is 4.44. The number of aryl methyl sites for hydroxylation is 1. The minimum Gasteiger partial charge on any atom is -0.461 e. The van der Waals surface area contributed by atoms with Gasteiger partial charge in [-0.1, -0.05) is 0 Å². The van der Waals surface area contributed by atoms with Gasteiger partial charge >= 0.3 is 11.8 Å². The molecule has 7 nitrogen and oxygen atoms in total. The van der Waals surface area contributed by atoms with Gasteiger partial charge in [0.2, 0.25) is 5.69 Å². The molecule has 94 valence electrons. The van der Waals surface area contributed by atoms with Crippen LogP contribution in [0.15, 0.2) is 18.3 Å². The first kappa shape index (κ1) is 12.0. The molecule has 0 saturated heterocycles. The van der Waals surface area contributed by atoms with Gasteiger partial charge in [-0.2, -0.15) is 0 Å². The lowest BCUT2D eigenvalue weighted by atomic mass is 10.3. The molecule has 0 spiro atoms. The van der Waals surface area contributed by atoms with Crippen LogP contribution in [-0.2, 0) is 4.74 Å². The molecule has 2 heterocycles. The topological polar surface area (TPSA) is 86.7 Å². The minimum absolute atomic E-state index is 0.148. The molecule has 0 fully saturated rings. The highest BCUT2D eigenvalue weighted by Gasteiger charge is 2.29. The maximum atomic E-state index is 11.7. The van der Waals surface area contributed by atoms with Gasteiger partial charge in [0.05, 0.1) is 6.61 Å². The molecule has 18 heavy (non-hydrogen) atoms. The molecule has 0 amide bonds. The van der Waals surface area contributed by atoms with Gasteiger partial charge in [-0.3, -0.25) is 4.40 Å². The van der Waals surface area contributed by atoms with E-state index in [9.17, 15) is 14.9 Å². The average Bonchev–Trinajstić information content (AvgIpc) is 2.67. The fourth-order valence-electron chi connectivity index (χ4n) is 1.65. The number of nitrogens with zero attached hydrogens (tertiary/aromatic N) is 3. The molecular weight excluding hydrogens is 238 g/mol. The second-order valence-electron chi connectivity index (χ2n) is 3.69. The number of imidazole rings is 1. The highest BCUT2D eigenvalue weighted by atomic mass is 16.6. The zero-order valence-electron chi connectivity index (χ0n) is 9.91. The van der Waals surface area contributed by atoms with Gasteiger partial charge in [0, 0.05) is 12.3 Å². The first-order valence-corrected chi connectivity index (χ1v) is 5.34. The molecule has 0 atom stereocenters.